The molecule has 0 saturated heterocycles. The Labute approximate surface area is 107 Å². The van der Waals surface area contributed by atoms with E-state index in [0.29, 0.717) is 6.04 Å². The quantitative estimate of drug-likeness (QED) is 0.576. The highest BCUT2D eigenvalue weighted by molar-refractivity contribution is 7.98. The topological polar surface area (TPSA) is 65.1 Å². The number of nitrogens with two attached hydrogens (primary N) is 1. The van der Waals surface area contributed by atoms with Gasteiger partial charge in [-0.2, -0.15) is 16.9 Å². The first kappa shape index (κ1) is 14.3. The second-order valence-corrected chi connectivity index (χ2v) is 5.12. The van der Waals surface area contributed by atoms with Gasteiger partial charge in [0.2, 0.25) is 0 Å². The van der Waals surface area contributed by atoms with E-state index in [1.807, 2.05) is 4.68 Å². The average Bonchev–Trinajstić information content (AvgIpc) is 2.74. The number of thioether (sulfide) groups is 1. The number of hydrazine groups is 1. The number of aromatic nitrogens is 2. The molecule has 1 aromatic heterocycles. The van der Waals surface area contributed by atoms with E-state index in [9.17, 15) is 0 Å². The van der Waals surface area contributed by atoms with E-state index in [2.05, 4.69) is 30.6 Å². The summed E-state index contributed by atoms with van der Waals surface area (Å²) in [5.41, 5.74) is 3.88. The molecule has 0 aliphatic heterocycles. The van der Waals surface area contributed by atoms with Gasteiger partial charge in [-0.15, -0.1) is 0 Å². The Morgan fingerprint density at radius 1 is 1.59 bits per heavy atom. The SMILES string of the molecule is COc1cnn(C(C)C)c1C(CCSC)NN. The first-order chi connectivity index (χ1) is 8.15. The van der Waals surface area contributed by atoms with Crippen LogP contribution in [-0.2, 0) is 0 Å². The summed E-state index contributed by atoms with van der Waals surface area (Å²) in [5, 5.41) is 4.35. The molecule has 98 valence electrons. The van der Waals surface area contributed by atoms with Crippen LogP contribution in [0.2, 0.25) is 0 Å². The zero-order chi connectivity index (χ0) is 12.8. The molecule has 17 heavy (non-hydrogen) atoms. The van der Waals surface area contributed by atoms with Crippen molar-refractivity contribution >= 4 is 11.8 Å². The molecule has 0 spiro atoms. The van der Waals surface area contributed by atoms with Crippen LogP contribution in [0, 0.1) is 0 Å². The molecule has 5 nitrogen and oxygen atoms in total. The Morgan fingerprint density at radius 2 is 2.29 bits per heavy atom. The fourth-order valence-corrected chi connectivity index (χ4v) is 2.26. The highest BCUT2D eigenvalue weighted by atomic mass is 32.2. The van der Waals surface area contributed by atoms with Crippen molar-refractivity contribution in [1.82, 2.24) is 15.2 Å². The maximum Gasteiger partial charge on any atom is 0.161 e. The molecule has 1 atom stereocenters. The third-order valence-corrected chi connectivity index (χ3v) is 3.29. The fourth-order valence-electron chi connectivity index (χ4n) is 1.79. The van der Waals surface area contributed by atoms with Crippen LogP contribution in [0.5, 0.6) is 5.75 Å². The molecule has 0 amide bonds. The lowest BCUT2D eigenvalue weighted by molar-refractivity contribution is 0.382. The van der Waals surface area contributed by atoms with Crippen LogP contribution in [0.1, 0.15) is 38.0 Å². The molecule has 0 aliphatic carbocycles. The van der Waals surface area contributed by atoms with Gasteiger partial charge >= 0.3 is 0 Å². The number of rotatable bonds is 7. The van der Waals surface area contributed by atoms with Gasteiger partial charge in [0, 0.05) is 6.04 Å². The Balaban J connectivity index is 3.01. The highest BCUT2D eigenvalue weighted by Gasteiger charge is 2.21. The van der Waals surface area contributed by atoms with E-state index in [0.717, 1.165) is 23.6 Å². The van der Waals surface area contributed by atoms with Gasteiger partial charge in [-0.25, -0.2) is 0 Å². The van der Waals surface area contributed by atoms with E-state index >= 15 is 0 Å². The molecule has 6 heteroatoms. The number of hydrogen-bond donors (Lipinski definition) is 2. The molecule has 0 fully saturated rings. The van der Waals surface area contributed by atoms with Crippen LogP contribution < -0.4 is 16.0 Å². The van der Waals surface area contributed by atoms with Crippen molar-refractivity contribution in [3.8, 4) is 5.75 Å². The van der Waals surface area contributed by atoms with Crippen LogP contribution in [0.4, 0.5) is 0 Å². The molecular weight excluding hydrogens is 236 g/mol. The molecule has 3 N–H and O–H groups in total. The van der Waals surface area contributed by atoms with Gasteiger partial charge in [-0.3, -0.25) is 16.0 Å². The molecule has 1 aromatic rings. The molecule has 0 radical (unpaired) electrons. The summed E-state index contributed by atoms with van der Waals surface area (Å²) in [4.78, 5) is 0. The van der Waals surface area contributed by atoms with Gasteiger partial charge in [-0.05, 0) is 32.3 Å². The molecule has 0 aromatic carbocycles. The molecule has 0 saturated carbocycles. The van der Waals surface area contributed by atoms with Crippen molar-refractivity contribution in [2.75, 3.05) is 19.1 Å². The standard InChI is InChI=1S/C11H22N4OS/c1-8(2)15-11(10(16-3)7-13-15)9(14-12)5-6-17-4/h7-9,14H,5-6,12H2,1-4H3. The van der Waals surface area contributed by atoms with Crippen molar-refractivity contribution in [3.63, 3.8) is 0 Å². The number of nitrogens with one attached hydrogen (secondary N) is 1. The van der Waals surface area contributed by atoms with E-state index in [-0.39, 0.29) is 6.04 Å². The van der Waals surface area contributed by atoms with E-state index in [1.165, 1.54) is 0 Å². The lowest BCUT2D eigenvalue weighted by Gasteiger charge is -2.20. The monoisotopic (exact) mass is 258 g/mol. The van der Waals surface area contributed by atoms with E-state index in [1.54, 1.807) is 25.1 Å². The van der Waals surface area contributed by atoms with Crippen molar-refractivity contribution in [2.45, 2.75) is 32.4 Å². The Morgan fingerprint density at radius 3 is 2.76 bits per heavy atom. The maximum absolute atomic E-state index is 5.64. The molecule has 1 unspecified atom stereocenters. The second-order valence-electron chi connectivity index (χ2n) is 4.14. The number of nitrogens with zero attached hydrogens (tertiary/aromatic N) is 2. The van der Waals surface area contributed by atoms with Crippen LogP contribution in [0.3, 0.4) is 0 Å². The van der Waals surface area contributed by atoms with E-state index < -0.39 is 0 Å². The molecular formula is C11H22N4OS. The van der Waals surface area contributed by atoms with Gasteiger partial charge in [0.1, 0.15) is 0 Å². The lowest BCUT2D eigenvalue weighted by atomic mass is 10.1. The van der Waals surface area contributed by atoms with Gasteiger partial charge in [0.25, 0.3) is 0 Å². The smallest absolute Gasteiger partial charge is 0.161 e. The Bertz CT molecular complexity index is 340. The van der Waals surface area contributed by atoms with Crippen molar-refractivity contribution in [2.24, 2.45) is 5.84 Å². The Hall–Kier alpha value is -0.720. The minimum Gasteiger partial charge on any atom is -0.493 e. The minimum atomic E-state index is 0.0716. The zero-order valence-electron chi connectivity index (χ0n) is 10.9. The third-order valence-electron chi connectivity index (χ3n) is 2.65. The number of ether oxygens (including phenoxy) is 1. The fraction of sp³-hybridized carbons (Fsp3) is 0.727. The summed E-state index contributed by atoms with van der Waals surface area (Å²) in [6.45, 7) is 4.19. The highest BCUT2D eigenvalue weighted by Crippen LogP contribution is 2.29. The summed E-state index contributed by atoms with van der Waals surface area (Å²) < 4.78 is 7.32. The molecule has 0 aliphatic rings. The number of methoxy groups -OCH3 is 1. The average molecular weight is 258 g/mol. The van der Waals surface area contributed by atoms with Crippen molar-refractivity contribution < 1.29 is 4.74 Å². The van der Waals surface area contributed by atoms with Crippen molar-refractivity contribution in [3.05, 3.63) is 11.9 Å². The van der Waals surface area contributed by atoms with Crippen LogP contribution in [-0.4, -0.2) is 28.9 Å². The zero-order valence-corrected chi connectivity index (χ0v) is 11.8. The maximum atomic E-state index is 5.64. The molecule has 0 bridgehead atoms. The Kier molecular flexibility index (Phi) is 5.80. The lowest BCUT2D eigenvalue weighted by Crippen LogP contribution is -2.31. The van der Waals surface area contributed by atoms with Crippen LogP contribution in [0.25, 0.3) is 0 Å². The van der Waals surface area contributed by atoms with Gasteiger partial charge in [0.15, 0.2) is 5.75 Å². The second kappa shape index (κ2) is 6.88. The third kappa shape index (κ3) is 3.37. The molecule has 1 rings (SSSR count). The van der Waals surface area contributed by atoms with Gasteiger partial charge < -0.3 is 4.74 Å². The first-order valence-corrected chi connectivity index (χ1v) is 7.11. The summed E-state index contributed by atoms with van der Waals surface area (Å²) in [7, 11) is 1.66. The first-order valence-electron chi connectivity index (χ1n) is 5.72. The minimum absolute atomic E-state index is 0.0716. The number of hydrogen-bond acceptors (Lipinski definition) is 5. The predicted octanol–water partition coefficient (Wildman–Crippen LogP) is 1.73. The van der Waals surface area contributed by atoms with Crippen LogP contribution >= 0.6 is 11.8 Å². The van der Waals surface area contributed by atoms with Gasteiger partial charge in [0.05, 0.1) is 25.0 Å². The summed E-state index contributed by atoms with van der Waals surface area (Å²) in [6.07, 6.45) is 4.79. The molecule has 1 heterocycles. The normalized spacial score (nSPS) is 13.1. The largest absolute Gasteiger partial charge is 0.493 e. The van der Waals surface area contributed by atoms with Gasteiger partial charge in [-0.1, -0.05) is 0 Å². The predicted molar refractivity (Wildman–Crippen MR) is 72.2 cm³/mol. The summed E-state index contributed by atoms with van der Waals surface area (Å²) in [6, 6.07) is 0.362. The van der Waals surface area contributed by atoms with Crippen LogP contribution in [0.15, 0.2) is 6.20 Å². The van der Waals surface area contributed by atoms with Crippen molar-refractivity contribution in [1.29, 1.82) is 0 Å². The summed E-state index contributed by atoms with van der Waals surface area (Å²) in [5.74, 6) is 7.48. The summed E-state index contributed by atoms with van der Waals surface area (Å²) >= 11 is 1.80. The van der Waals surface area contributed by atoms with E-state index in [4.69, 9.17) is 10.6 Å².